The number of amides is 1. The van der Waals surface area contributed by atoms with Crippen LogP contribution in [0.1, 0.15) is 5.56 Å². The molecule has 1 aromatic carbocycles. The van der Waals surface area contributed by atoms with Crippen LogP contribution in [0.2, 0.25) is 5.02 Å². The molecule has 0 unspecified atom stereocenters. The second-order valence-electron chi connectivity index (χ2n) is 3.70. The van der Waals surface area contributed by atoms with Crippen LogP contribution >= 0.6 is 35.6 Å². The van der Waals surface area contributed by atoms with E-state index in [4.69, 9.17) is 28.6 Å². The SMILES string of the molecule is O=C([O-])COc1ccc(/C=C2/SC(=S)NC2=O)cc1Cl. The van der Waals surface area contributed by atoms with Crippen molar-refractivity contribution in [2.45, 2.75) is 0 Å². The summed E-state index contributed by atoms with van der Waals surface area (Å²) in [6.45, 7) is -0.577. The molecule has 0 spiro atoms. The molecule has 2 rings (SSSR count). The van der Waals surface area contributed by atoms with Gasteiger partial charge in [0.15, 0.2) is 0 Å². The monoisotopic (exact) mass is 328 g/mol. The van der Waals surface area contributed by atoms with Gasteiger partial charge in [-0.1, -0.05) is 41.6 Å². The van der Waals surface area contributed by atoms with Crippen molar-refractivity contribution in [3.8, 4) is 5.75 Å². The zero-order valence-electron chi connectivity index (χ0n) is 9.84. The van der Waals surface area contributed by atoms with Crippen molar-refractivity contribution in [2.24, 2.45) is 0 Å². The van der Waals surface area contributed by atoms with Crippen molar-refractivity contribution in [1.29, 1.82) is 0 Å². The van der Waals surface area contributed by atoms with Gasteiger partial charge in [0.1, 0.15) is 16.7 Å². The average molecular weight is 329 g/mol. The summed E-state index contributed by atoms with van der Waals surface area (Å²) in [7, 11) is 0. The van der Waals surface area contributed by atoms with E-state index in [9.17, 15) is 14.7 Å². The number of aliphatic carboxylic acids is 1. The summed E-state index contributed by atoms with van der Waals surface area (Å²) < 4.78 is 5.35. The highest BCUT2D eigenvalue weighted by Crippen LogP contribution is 2.29. The number of carbonyl (C=O) groups excluding carboxylic acids is 2. The van der Waals surface area contributed by atoms with E-state index in [-0.39, 0.29) is 16.7 Å². The topological polar surface area (TPSA) is 78.5 Å². The third-order valence-electron chi connectivity index (χ3n) is 2.24. The molecule has 1 aliphatic heterocycles. The van der Waals surface area contributed by atoms with E-state index < -0.39 is 12.6 Å². The number of carbonyl (C=O) groups is 2. The summed E-state index contributed by atoms with van der Waals surface area (Å²) in [5, 5.41) is 13.0. The van der Waals surface area contributed by atoms with Crippen molar-refractivity contribution < 1.29 is 19.4 Å². The van der Waals surface area contributed by atoms with Crippen molar-refractivity contribution in [3.63, 3.8) is 0 Å². The van der Waals surface area contributed by atoms with Crippen LogP contribution in [0, 0.1) is 0 Å². The Morgan fingerprint density at radius 1 is 1.55 bits per heavy atom. The molecule has 8 heteroatoms. The lowest BCUT2D eigenvalue weighted by atomic mass is 10.2. The number of hydrogen-bond acceptors (Lipinski definition) is 6. The Morgan fingerprint density at radius 3 is 2.85 bits per heavy atom. The number of rotatable bonds is 4. The standard InChI is InChI=1S/C12H8ClNO4S2/c13-7-3-6(1-2-8(7)18-5-10(15)16)4-9-11(17)14-12(19)20-9/h1-4H,5H2,(H,15,16)(H,14,17,19)/p-1/b9-4+. The number of carboxylic acid groups (broad SMARTS) is 1. The molecular formula is C12H7ClNO4S2-. The molecule has 0 radical (unpaired) electrons. The minimum absolute atomic E-state index is 0.233. The summed E-state index contributed by atoms with van der Waals surface area (Å²) in [6, 6.07) is 4.74. The molecule has 0 saturated carbocycles. The Balaban J connectivity index is 2.17. The minimum atomic E-state index is -1.33. The van der Waals surface area contributed by atoms with Crippen LogP contribution in [0.5, 0.6) is 5.75 Å². The molecule has 20 heavy (non-hydrogen) atoms. The van der Waals surface area contributed by atoms with Crippen molar-refractivity contribution in [3.05, 3.63) is 33.7 Å². The predicted molar refractivity (Wildman–Crippen MR) is 78.3 cm³/mol. The van der Waals surface area contributed by atoms with Gasteiger partial charge < -0.3 is 20.0 Å². The van der Waals surface area contributed by atoms with Gasteiger partial charge in [0.2, 0.25) is 0 Å². The highest BCUT2D eigenvalue weighted by Gasteiger charge is 2.21. The number of benzene rings is 1. The number of ether oxygens (including phenoxy) is 1. The minimum Gasteiger partial charge on any atom is -0.546 e. The fourth-order valence-corrected chi connectivity index (χ4v) is 2.72. The van der Waals surface area contributed by atoms with E-state index in [1.807, 2.05) is 0 Å². The molecule has 5 nitrogen and oxygen atoms in total. The molecule has 0 bridgehead atoms. The Kier molecular flexibility index (Phi) is 4.64. The van der Waals surface area contributed by atoms with Gasteiger partial charge in [-0.15, -0.1) is 0 Å². The summed E-state index contributed by atoms with van der Waals surface area (Å²) >= 11 is 12.0. The summed E-state index contributed by atoms with van der Waals surface area (Å²) in [6.07, 6.45) is 1.63. The third-order valence-corrected chi connectivity index (χ3v) is 3.70. The van der Waals surface area contributed by atoms with Crippen LogP contribution < -0.4 is 15.2 Å². The van der Waals surface area contributed by atoms with Gasteiger partial charge in [0.25, 0.3) is 5.91 Å². The van der Waals surface area contributed by atoms with Crippen LogP contribution in [-0.2, 0) is 9.59 Å². The molecule has 1 heterocycles. The lowest BCUT2D eigenvalue weighted by Crippen LogP contribution is -2.28. The van der Waals surface area contributed by atoms with Crippen LogP contribution in [0.15, 0.2) is 23.1 Å². The predicted octanol–water partition coefficient (Wildman–Crippen LogP) is 0.957. The van der Waals surface area contributed by atoms with Crippen molar-refractivity contribution in [1.82, 2.24) is 5.32 Å². The maximum atomic E-state index is 11.5. The average Bonchev–Trinajstić information content (AvgIpc) is 2.66. The second kappa shape index (κ2) is 6.25. The van der Waals surface area contributed by atoms with Gasteiger partial charge in [-0.3, -0.25) is 4.79 Å². The number of carboxylic acids is 1. The molecule has 1 saturated heterocycles. The zero-order chi connectivity index (χ0) is 14.7. The van der Waals surface area contributed by atoms with E-state index in [2.05, 4.69) is 5.32 Å². The van der Waals surface area contributed by atoms with Gasteiger partial charge >= 0.3 is 0 Å². The molecule has 0 aromatic heterocycles. The van der Waals surface area contributed by atoms with Crippen LogP contribution in [0.4, 0.5) is 0 Å². The number of thioether (sulfide) groups is 1. The van der Waals surface area contributed by atoms with Gasteiger partial charge in [-0.05, 0) is 23.8 Å². The van der Waals surface area contributed by atoms with E-state index in [0.717, 1.165) is 11.8 Å². The van der Waals surface area contributed by atoms with E-state index in [1.165, 1.54) is 6.07 Å². The first-order valence-electron chi connectivity index (χ1n) is 5.33. The normalized spacial score (nSPS) is 16.4. The summed E-state index contributed by atoms with van der Waals surface area (Å²) in [5.74, 6) is -1.36. The second-order valence-corrected chi connectivity index (χ2v) is 5.83. The van der Waals surface area contributed by atoms with E-state index >= 15 is 0 Å². The first-order valence-corrected chi connectivity index (χ1v) is 6.93. The van der Waals surface area contributed by atoms with E-state index in [1.54, 1.807) is 18.2 Å². The fourth-order valence-electron chi connectivity index (χ4n) is 1.43. The molecule has 1 amide bonds. The molecule has 0 aliphatic carbocycles. The van der Waals surface area contributed by atoms with Crippen molar-refractivity contribution >= 4 is 57.9 Å². The number of hydrogen-bond donors (Lipinski definition) is 1. The number of halogens is 1. The van der Waals surface area contributed by atoms with Crippen LogP contribution in [-0.4, -0.2) is 22.8 Å². The lowest BCUT2D eigenvalue weighted by Gasteiger charge is -2.08. The van der Waals surface area contributed by atoms with Gasteiger partial charge in [-0.2, -0.15) is 0 Å². The first kappa shape index (κ1) is 14.8. The molecule has 1 fully saturated rings. The highest BCUT2D eigenvalue weighted by molar-refractivity contribution is 8.26. The molecule has 1 N–H and O–H groups in total. The molecule has 1 aromatic rings. The van der Waals surface area contributed by atoms with Gasteiger partial charge in [-0.25, -0.2) is 0 Å². The number of thiocarbonyl (C=S) groups is 1. The summed E-state index contributed by atoms with van der Waals surface area (Å²) in [4.78, 5) is 22.3. The quantitative estimate of drug-likeness (QED) is 0.655. The zero-order valence-corrected chi connectivity index (χ0v) is 12.2. The van der Waals surface area contributed by atoms with Gasteiger partial charge in [0, 0.05) is 0 Å². The molecule has 0 atom stereocenters. The van der Waals surface area contributed by atoms with Crippen LogP contribution in [0.25, 0.3) is 6.08 Å². The largest absolute Gasteiger partial charge is 0.546 e. The number of nitrogens with one attached hydrogen (secondary N) is 1. The Labute approximate surface area is 128 Å². The van der Waals surface area contributed by atoms with Crippen LogP contribution in [0.3, 0.4) is 0 Å². The Hall–Kier alpha value is -1.57. The first-order chi connectivity index (χ1) is 9.45. The highest BCUT2D eigenvalue weighted by atomic mass is 35.5. The Bertz CT molecular complexity index is 630. The molecule has 1 aliphatic rings. The molecule has 104 valence electrons. The van der Waals surface area contributed by atoms with Gasteiger partial charge in [0.05, 0.1) is 15.9 Å². The maximum Gasteiger partial charge on any atom is 0.263 e. The summed E-state index contributed by atoms with van der Waals surface area (Å²) in [5.41, 5.74) is 0.679. The third kappa shape index (κ3) is 3.72. The van der Waals surface area contributed by atoms with Crippen molar-refractivity contribution in [2.75, 3.05) is 6.61 Å². The lowest BCUT2D eigenvalue weighted by molar-refractivity contribution is -0.307. The Morgan fingerprint density at radius 2 is 2.30 bits per heavy atom. The molecular weight excluding hydrogens is 322 g/mol. The maximum absolute atomic E-state index is 11.5. The van der Waals surface area contributed by atoms with E-state index in [0.29, 0.717) is 14.8 Å². The fraction of sp³-hybridized carbons (Fsp3) is 0.0833. The smallest absolute Gasteiger partial charge is 0.263 e.